The fourth-order valence-corrected chi connectivity index (χ4v) is 9.22. The molecule has 0 radical (unpaired) electrons. The van der Waals surface area contributed by atoms with Gasteiger partial charge in [-0.2, -0.15) is 0 Å². The maximum Gasteiger partial charge on any atom is 0.160 e. The molecule has 0 N–H and O–H groups in total. The zero-order valence-electron chi connectivity index (χ0n) is 24.8. The Balaban J connectivity index is 1.35. The molecule has 2 heterocycles. The van der Waals surface area contributed by atoms with Gasteiger partial charge >= 0.3 is 0 Å². The van der Waals surface area contributed by atoms with E-state index in [-0.39, 0.29) is 0 Å². The second-order valence-corrected chi connectivity index (χ2v) is 13.1. The van der Waals surface area contributed by atoms with Crippen LogP contribution in [0.25, 0.3) is 65.6 Å². The summed E-state index contributed by atoms with van der Waals surface area (Å²) in [7, 11) is 0. The lowest BCUT2D eigenvalue weighted by Crippen LogP contribution is -2.26. The third-order valence-electron chi connectivity index (χ3n) is 9.71. The van der Waals surface area contributed by atoms with Crippen LogP contribution >= 0.6 is 11.3 Å². The summed E-state index contributed by atoms with van der Waals surface area (Å²) in [6.07, 6.45) is 0. The van der Waals surface area contributed by atoms with E-state index in [2.05, 4.69) is 152 Å². The van der Waals surface area contributed by atoms with Gasteiger partial charge in [-0.15, -0.1) is 11.3 Å². The SMILES string of the molecule is c1ccc(-c2cc(-c3cccc4c3C3(c5ccccc5-c5ccccc53)c3c-4sc4ccccc34)nc(-c3ccccc3)n2)cc1. The van der Waals surface area contributed by atoms with Crippen LogP contribution in [0.1, 0.15) is 22.3 Å². The van der Waals surface area contributed by atoms with Crippen molar-refractivity contribution in [2.24, 2.45) is 0 Å². The van der Waals surface area contributed by atoms with Crippen molar-refractivity contribution in [1.29, 1.82) is 0 Å². The topological polar surface area (TPSA) is 25.8 Å². The first-order valence-corrected chi connectivity index (χ1v) is 16.5. The molecule has 0 saturated carbocycles. The normalized spacial score (nSPS) is 13.4. The van der Waals surface area contributed by atoms with E-state index in [1.807, 2.05) is 17.4 Å². The summed E-state index contributed by atoms with van der Waals surface area (Å²) in [5.41, 5.74) is 13.9. The molecule has 3 heteroatoms. The molecule has 1 spiro atoms. The summed E-state index contributed by atoms with van der Waals surface area (Å²) in [6, 6.07) is 56.7. The van der Waals surface area contributed by atoms with Gasteiger partial charge in [0.15, 0.2) is 5.82 Å². The highest BCUT2D eigenvalue weighted by Crippen LogP contribution is 2.67. The summed E-state index contributed by atoms with van der Waals surface area (Å²) >= 11 is 1.91. The first-order chi connectivity index (χ1) is 22.8. The van der Waals surface area contributed by atoms with Crippen LogP contribution in [-0.4, -0.2) is 9.97 Å². The average molecular weight is 603 g/mol. The monoisotopic (exact) mass is 602 g/mol. The molecule has 0 fully saturated rings. The molecule has 6 aromatic carbocycles. The van der Waals surface area contributed by atoms with Crippen LogP contribution in [0.3, 0.4) is 0 Å². The second-order valence-electron chi connectivity index (χ2n) is 12.1. The average Bonchev–Trinajstić information content (AvgIpc) is 3.76. The molecular weight excluding hydrogens is 577 g/mol. The maximum atomic E-state index is 5.35. The number of nitrogens with zero attached hydrogens (tertiary/aromatic N) is 2. The number of hydrogen-bond donors (Lipinski definition) is 0. The van der Waals surface area contributed by atoms with Gasteiger partial charge in [0.1, 0.15) is 0 Å². The number of hydrogen-bond acceptors (Lipinski definition) is 3. The number of benzene rings is 6. The lowest BCUT2D eigenvalue weighted by molar-refractivity contribution is 0.804. The zero-order valence-corrected chi connectivity index (χ0v) is 25.6. The van der Waals surface area contributed by atoms with Crippen molar-refractivity contribution < 1.29 is 0 Å². The minimum absolute atomic E-state index is 0.473. The van der Waals surface area contributed by atoms with E-state index in [1.165, 1.54) is 53.9 Å². The molecular formula is C43H26N2S. The predicted molar refractivity (Wildman–Crippen MR) is 190 cm³/mol. The van der Waals surface area contributed by atoms with Gasteiger partial charge in [0.25, 0.3) is 0 Å². The standard InChI is InChI=1S/C43H26N2S/c1-3-14-27(15-4-1)36-26-37(45-42(44-36)28-16-5-2-6-17-28)31-21-13-22-33-39(31)43(40-32-20-9-12-25-38(32)46-41(33)40)34-23-10-7-18-29(34)30-19-8-11-24-35(30)43/h1-26H. The minimum Gasteiger partial charge on any atom is -0.228 e. The molecule has 2 nitrogen and oxygen atoms in total. The maximum absolute atomic E-state index is 5.35. The lowest BCUT2D eigenvalue weighted by Gasteiger charge is -2.32. The van der Waals surface area contributed by atoms with Crippen LogP contribution in [0.5, 0.6) is 0 Å². The van der Waals surface area contributed by atoms with Crippen molar-refractivity contribution in [3.63, 3.8) is 0 Å². The summed E-state index contributed by atoms with van der Waals surface area (Å²) in [6.45, 7) is 0. The highest BCUT2D eigenvalue weighted by molar-refractivity contribution is 7.22. The molecule has 0 atom stereocenters. The Labute approximate surface area is 271 Å². The van der Waals surface area contributed by atoms with Crippen LogP contribution < -0.4 is 0 Å². The number of thiophene rings is 1. The molecule has 0 saturated heterocycles. The fourth-order valence-electron chi connectivity index (χ4n) is 7.92. The molecule has 2 aliphatic carbocycles. The Kier molecular flexibility index (Phi) is 5.40. The van der Waals surface area contributed by atoms with Crippen LogP contribution in [0.2, 0.25) is 0 Å². The Hall–Kier alpha value is -5.64. The van der Waals surface area contributed by atoms with Crippen molar-refractivity contribution in [2.45, 2.75) is 5.41 Å². The Morgan fingerprint density at radius 2 is 1.00 bits per heavy atom. The highest BCUT2D eigenvalue weighted by Gasteiger charge is 2.54. The molecule has 2 aromatic heterocycles. The summed E-state index contributed by atoms with van der Waals surface area (Å²) in [5.74, 6) is 0.731. The van der Waals surface area contributed by atoms with Crippen LogP contribution in [0.15, 0.2) is 158 Å². The third kappa shape index (κ3) is 3.41. The zero-order chi connectivity index (χ0) is 30.2. The molecule has 10 rings (SSSR count). The van der Waals surface area contributed by atoms with E-state index in [4.69, 9.17) is 9.97 Å². The number of fused-ring (bicyclic) bond motifs is 12. The second kappa shape index (κ2) is 9.68. The summed E-state index contributed by atoms with van der Waals surface area (Å²) in [4.78, 5) is 11.8. The van der Waals surface area contributed by atoms with Gasteiger partial charge in [0.2, 0.25) is 0 Å². The van der Waals surface area contributed by atoms with Gasteiger partial charge in [-0.25, -0.2) is 9.97 Å². The van der Waals surface area contributed by atoms with Gasteiger partial charge in [0.05, 0.1) is 16.8 Å². The van der Waals surface area contributed by atoms with Crippen molar-refractivity contribution in [3.05, 3.63) is 180 Å². The summed E-state index contributed by atoms with van der Waals surface area (Å²) in [5, 5.41) is 1.33. The van der Waals surface area contributed by atoms with Crippen LogP contribution in [0.4, 0.5) is 0 Å². The van der Waals surface area contributed by atoms with Crippen molar-refractivity contribution >= 4 is 21.4 Å². The fraction of sp³-hybridized carbons (Fsp3) is 0.0233. The van der Waals surface area contributed by atoms with Crippen molar-refractivity contribution in [1.82, 2.24) is 9.97 Å². The summed E-state index contributed by atoms with van der Waals surface area (Å²) < 4.78 is 1.32. The predicted octanol–water partition coefficient (Wildman–Crippen LogP) is 11.0. The van der Waals surface area contributed by atoms with Gasteiger partial charge in [-0.1, -0.05) is 146 Å². The van der Waals surface area contributed by atoms with E-state index in [9.17, 15) is 0 Å². The molecule has 2 aliphatic rings. The number of rotatable bonds is 3. The molecule has 0 amide bonds. The van der Waals surface area contributed by atoms with E-state index in [0.717, 1.165) is 33.9 Å². The first-order valence-electron chi connectivity index (χ1n) is 15.7. The van der Waals surface area contributed by atoms with E-state index >= 15 is 0 Å². The van der Waals surface area contributed by atoms with Crippen molar-refractivity contribution in [3.8, 4) is 55.5 Å². The van der Waals surface area contributed by atoms with Gasteiger partial charge in [-0.3, -0.25) is 0 Å². The molecule has 46 heavy (non-hydrogen) atoms. The Morgan fingerprint density at radius 3 is 1.74 bits per heavy atom. The largest absolute Gasteiger partial charge is 0.228 e. The van der Waals surface area contributed by atoms with Crippen LogP contribution in [-0.2, 0) is 5.41 Å². The Bertz CT molecular complexity index is 2370. The highest BCUT2D eigenvalue weighted by atomic mass is 32.1. The Morgan fingerprint density at radius 1 is 0.435 bits per heavy atom. The van der Waals surface area contributed by atoms with Gasteiger partial charge in [-0.05, 0) is 56.5 Å². The first kappa shape index (κ1) is 25.7. The molecule has 214 valence electrons. The molecule has 0 bridgehead atoms. The number of aromatic nitrogens is 2. The van der Waals surface area contributed by atoms with Gasteiger partial charge in [0, 0.05) is 26.3 Å². The van der Waals surface area contributed by atoms with E-state index < -0.39 is 5.41 Å². The van der Waals surface area contributed by atoms with Crippen LogP contribution in [0, 0.1) is 0 Å². The molecule has 0 aliphatic heterocycles. The smallest absolute Gasteiger partial charge is 0.160 e. The van der Waals surface area contributed by atoms with Gasteiger partial charge < -0.3 is 0 Å². The quantitative estimate of drug-likeness (QED) is 0.201. The van der Waals surface area contributed by atoms with Crippen molar-refractivity contribution in [2.75, 3.05) is 0 Å². The third-order valence-corrected chi connectivity index (χ3v) is 10.9. The molecule has 0 unspecified atom stereocenters. The lowest BCUT2D eigenvalue weighted by atomic mass is 9.68. The van der Waals surface area contributed by atoms with E-state index in [0.29, 0.717) is 0 Å². The van der Waals surface area contributed by atoms with E-state index in [1.54, 1.807) is 0 Å². The minimum atomic E-state index is -0.473. The molecule has 8 aromatic rings.